The molecule has 0 spiro atoms. The van der Waals surface area contributed by atoms with Gasteiger partial charge in [-0.15, -0.1) is 0 Å². The van der Waals surface area contributed by atoms with Crippen LogP contribution in [-0.2, 0) is 9.47 Å². The lowest BCUT2D eigenvalue weighted by atomic mass is 9.83. The van der Waals surface area contributed by atoms with Gasteiger partial charge in [0.25, 0.3) is 0 Å². The highest BCUT2D eigenvalue weighted by Gasteiger charge is 2.39. The lowest BCUT2D eigenvalue weighted by Crippen LogP contribution is -2.60. The van der Waals surface area contributed by atoms with Crippen molar-refractivity contribution < 1.29 is 14.3 Å². The number of methoxy groups -OCH3 is 1. The Labute approximate surface area is 112 Å². The average molecular weight is 265 g/mol. The molecule has 3 atom stereocenters. The minimum Gasteiger partial charge on any atom is -0.465 e. The van der Waals surface area contributed by atoms with Crippen molar-refractivity contribution in [1.29, 1.82) is 0 Å². The van der Waals surface area contributed by atoms with Crippen molar-refractivity contribution >= 4 is 11.8 Å². The van der Waals surface area contributed by atoms with E-state index in [2.05, 4.69) is 15.0 Å². The highest BCUT2D eigenvalue weighted by atomic mass is 16.5. The van der Waals surface area contributed by atoms with Crippen LogP contribution in [0.2, 0.25) is 0 Å². The molecule has 104 valence electrons. The van der Waals surface area contributed by atoms with Gasteiger partial charge in [0.2, 0.25) is 0 Å². The van der Waals surface area contributed by atoms with Crippen LogP contribution in [-0.4, -0.2) is 42.9 Å². The number of aromatic nitrogens is 1. The molecule has 19 heavy (non-hydrogen) atoms. The van der Waals surface area contributed by atoms with Crippen LogP contribution in [0.3, 0.4) is 0 Å². The maximum atomic E-state index is 11.4. The first-order valence-corrected chi connectivity index (χ1v) is 6.33. The van der Waals surface area contributed by atoms with Gasteiger partial charge < -0.3 is 20.5 Å². The third-order valence-corrected chi connectivity index (χ3v) is 3.24. The van der Waals surface area contributed by atoms with Crippen molar-refractivity contribution in [3.8, 4) is 0 Å². The van der Waals surface area contributed by atoms with Gasteiger partial charge in [0.15, 0.2) is 0 Å². The molecule has 1 saturated carbocycles. The van der Waals surface area contributed by atoms with E-state index in [1.165, 1.54) is 7.11 Å². The van der Waals surface area contributed by atoms with Gasteiger partial charge in [-0.25, -0.2) is 9.78 Å². The standard InChI is InChI=1S/C13H19N3O3/c1-3-19-10-7-9(14)12(10)16-11-6-8(4-5-15-11)13(17)18-2/h4-6,9-10,12H,3,7,14H2,1-2H3,(H,15,16). The zero-order valence-electron chi connectivity index (χ0n) is 11.1. The van der Waals surface area contributed by atoms with E-state index in [1.807, 2.05) is 6.92 Å². The van der Waals surface area contributed by atoms with Crippen molar-refractivity contribution in [3.63, 3.8) is 0 Å². The fourth-order valence-corrected chi connectivity index (χ4v) is 2.15. The molecule has 1 aromatic rings. The molecule has 1 heterocycles. The Morgan fingerprint density at radius 2 is 2.42 bits per heavy atom. The number of nitrogens with zero attached hydrogens (tertiary/aromatic N) is 1. The summed E-state index contributed by atoms with van der Waals surface area (Å²) in [6.45, 7) is 2.61. The predicted molar refractivity (Wildman–Crippen MR) is 71.0 cm³/mol. The molecule has 3 unspecified atom stereocenters. The molecule has 1 aliphatic rings. The molecule has 1 aromatic heterocycles. The third kappa shape index (κ3) is 3.02. The van der Waals surface area contributed by atoms with Crippen LogP contribution >= 0.6 is 0 Å². The quantitative estimate of drug-likeness (QED) is 0.765. The second-order valence-corrected chi connectivity index (χ2v) is 4.48. The molecule has 6 heteroatoms. The summed E-state index contributed by atoms with van der Waals surface area (Å²) < 4.78 is 10.2. The van der Waals surface area contributed by atoms with Gasteiger partial charge in [-0.2, -0.15) is 0 Å². The molecule has 0 aromatic carbocycles. The van der Waals surface area contributed by atoms with E-state index >= 15 is 0 Å². The molecule has 0 bridgehead atoms. The van der Waals surface area contributed by atoms with Crippen molar-refractivity contribution in [2.24, 2.45) is 5.73 Å². The smallest absolute Gasteiger partial charge is 0.338 e. The number of carbonyl (C=O) groups excluding carboxylic acids is 1. The van der Waals surface area contributed by atoms with Gasteiger partial charge in [0.1, 0.15) is 5.82 Å². The van der Waals surface area contributed by atoms with Gasteiger partial charge in [-0.05, 0) is 25.5 Å². The first-order chi connectivity index (χ1) is 9.15. The third-order valence-electron chi connectivity index (χ3n) is 3.24. The van der Waals surface area contributed by atoms with Crippen molar-refractivity contribution in [1.82, 2.24) is 4.98 Å². The largest absolute Gasteiger partial charge is 0.465 e. The number of carbonyl (C=O) groups is 1. The zero-order chi connectivity index (χ0) is 13.8. The second kappa shape index (κ2) is 5.99. The monoisotopic (exact) mass is 265 g/mol. The number of hydrogen-bond acceptors (Lipinski definition) is 6. The maximum Gasteiger partial charge on any atom is 0.338 e. The lowest BCUT2D eigenvalue weighted by molar-refractivity contribution is -0.0127. The second-order valence-electron chi connectivity index (χ2n) is 4.48. The molecular weight excluding hydrogens is 246 g/mol. The molecule has 1 aliphatic carbocycles. The Kier molecular flexibility index (Phi) is 4.34. The van der Waals surface area contributed by atoms with Crippen molar-refractivity contribution in [2.45, 2.75) is 31.5 Å². The number of pyridine rings is 1. The molecule has 0 aliphatic heterocycles. The summed E-state index contributed by atoms with van der Waals surface area (Å²) in [5.41, 5.74) is 6.41. The van der Waals surface area contributed by atoms with E-state index < -0.39 is 0 Å². The SMILES string of the molecule is CCOC1CC(N)C1Nc1cc(C(=O)OC)ccn1. The Hall–Kier alpha value is -1.66. The Morgan fingerprint density at radius 1 is 1.63 bits per heavy atom. The minimum atomic E-state index is -0.385. The number of rotatable bonds is 5. The van der Waals surface area contributed by atoms with Crippen LogP contribution in [0.25, 0.3) is 0 Å². The Bertz CT molecular complexity index is 451. The average Bonchev–Trinajstić information content (AvgIpc) is 2.44. The van der Waals surface area contributed by atoms with E-state index in [0.717, 1.165) is 6.42 Å². The van der Waals surface area contributed by atoms with E-state index in [0.29, 0.717) is 18.0 Å². The summed E-state index contributed by atoms with van der Waals surface area (Å²) >= 11 is 0. The van der Waals surface area contributed by atoms with E-state index in [4.69, 9.17) is 10.5 Å². The van der Waals surface area contributed by atoms with Crippen molar-refractivity contribution in [3.05, 3.63) is 23.9 Å². The summed E-state index contributed by atoms with van der Waals surface area (Å²) in [7, 11) is 1.35. The fourth-order valence-electron chi connectivity index (χ4n) is 2.15. The molecule has 3 N–H and O–H groups in total. The number of hydrogen-bond donors (Lipinski definition) is 2. The van der Waals surface area contributed by atoms with E-state index in [1.54, 1.807) is 18.3 Å². The molecule has 0 saturated heterocycles. The van der Waals surface area contributed by atoms with Crippen LogP contribution in [0, 0.1) is 0 Å². The highest BCUT2D eigenvalue weighted by molar-refractivity contribution is 5.90. The van der Waals surface area contributed by atoms with Crippen molar-refractivity contribution in [2.75, 3.05) is 19.0 Å². The molecule has 6 nitrogen and oxygen atoms in total. The first kappa shape index (κ1) is 13.8. The number of anilines is 1. The zero-order valence-corrected chi connectivity index (χ0v) is 11.1. The lowest BCUT2D eigenvalue weighted by Gasteiger charge is -2.42. The maximum absolute atomic E-state index is 11.4. The summed E-state index contributed by atoms with van der Waals surface area (Å²) in [5.74, 6) is 0.220. The normalized spacial score (nSPS) is 25.5. The number of ether oxygens (including phenoxy) is 2. The molecule has 0 amide bonds. The Balaban J connectivity index is 2.04. The van der Waals surface area contributed by atoms with Gasteiger partial charge in [-0.1, -0.05) is 0 Å². The molecule has 0 radical (unpaired) electrons. The molecular formula is C13H19N3O3. The summed E-state index contributed by atoms with van der Waals surface area (Å²) in [6, 6.07) is 3.33. The highest BCUT2D eigenvalue weighted by Crippen LogP contribution is 2.25. The summed E-state index contributed by atoms with van der Waals surface area (Å²) in [6.07, 6.45) is 2.50. The van der Waals surface area contributed by atoms with Crippen LogP contribution in [0.5, 0.6) is 0 Å². The van der Waals surface area contributed by atoms with E-state index in [-0.39, 0.29) is 24.2 Å². The van der Waals surface area contributed by atoms with Crippen LogP contribution < -0.4 is 11.1 Å². The van der Waals surface area contributed by atoms with Crippen LogP contribution in [0.15, 0.2) is 18.3 Å². The predicted octanol–water partition coefficient (Wildman–Crippen LogP) is 0.785. The summed E-state index contributed by atoms with van der Waals surface area (Å²) in [5, 5.41) is 3.21. The first-order valence-electron chi connectivity index (χ1n) is 6.33. The molecule has 1 fully saturated rings. The fraction of sp³-hybridized carbons (Fsp3) is 0.538. The van der Waals surface area contributed by atoms with Gasteiger partial charge in [-0.3, -0.25) is 0 Å². The van der Waals surface area contributed by atoms with Crippen LogP contribution in [0.4, 0.5) is 5.82 Å². The number of nitrogens with two attached hydrogens (primary N) is 1. The summed E-state index contributed by atoms with van der Waals surface area (Å²) in [4.78, 5) is 15.6. The van der Waals surface area contributed by atoms with Crippen LogP contribution in [0.1, 0.15) is 23.7 Å². The van der Waals surface area contributed by atoms with E-state index in [9.17, 15) is 4.79 Å². The van der Waals surface area contributed by atoms with Gasteiger partial charge in [0, 0.05) is 18.8 Å². The minimum absolute atomic E-state index is 0.0281. The van der Waals surface area contributed by atoms with Gasteiger partial charge >= 0.3 is 5.97 Å². The Morgan fingerprint density at radius 3 is 3.05 bits per heavy atom. The number of nitrogens with one attached hydrogen (secondary N) is 1. The molecule has 2 rings (SSSR count). The topological polar surface area (TPSA) is 86.5 Å². The number of esters is 1. The van der Waals surface area contributed by atoms with Gasteiger partial charge in [0.05, 0.1) is 24.8 Å².